The Morgan fingerprint density at radius 1 is 1.30 bits per heavy atom. The summed E-state index contributed by atoms with van der Waals surface area (Å²) in [5, 5.41) is 19.4. The van der Waals surface area contributed by atoms with Crippen LogP contribution in [0, 0.1) is 17.0 Å². The van der Waals surface area contributed by atoms with Crippen molar-refractivity contribution in [2.75, 3.05) is 14.1 Å². The van der Waals surface area contributed by atoms with Crippen LogP contribution in [0.2, 0.25) is 0 Å². The maximum Gasteiger partial charge on any atom is 0.269 e. The molecule has 2 aliphatic heterocycles. The first-order valence-electron chi connectivity index (χ1n) is 9.46. The molecule has 8 nitrogen and oxygen atoms in total. The molecule has 3 atom stereocenters. The van der Waals surface area contributed by atoms with E-state index in [4.69, 9.17) is 4.74 Å². The van der Waals surface area contributed by atoms with E-state index in [1.54, 1.807) is 13.0 Å². The molecule has 2 aliphatic rings. The Kier molecular flexibility index (Phi) is 4.38. The number of hydrogen-bond donors (Lipinski definition) is 0. The maximum atomic E-state index is 10.8. The average molecular weight is 372 g/mol. The van der Waals surface area contributed by atoms with Gasteiger partial charge in [0.15, 0.2) is 0 Å². The van der Waals surface area contributed by atoms with E-state index in [1.807, 2.05) is 10.9 Å². The average Bonchev–Trinajstić information content (AvgIpc) is 3.10. The zero-order valence-electron chi connectivity index (χ0n) is 16.0. The number of fused-ring (bicyclic) bond motifs is 2. The fraction of sp³-hybridized carbons (Fsp3) is 0.579. The lowest BCUT2D eigenvalue weighted by Gasteiger charge is -2.44. The van der Waals surface area contributed by atoms with Crippen LogP contribution in [-0.4, -0.2) is 50.6 Å². The van der Waals surface area contributed by atoms with Gasteiger partial charge in [-0.15, -0.1) is 5.10 Å². The Hall–Kier alpha value is -2.48. The molecule has 1 aromatic carbocycles. The lowest BCUT2D eigenvalue weighted by Crippen LogP contribution is -2.54. The Bertz CT molecular complexity index is 847. The highest BCUT2D eigenvalue weighted by Crippen LogP contribution is 2.43. The van der Waals surface area contributed by atoms with Crippen LogP contribution in [0.4, 0.5) is 5.69 Å². The van der Waals surface area contributed by atoms with E-state index in [0.717, 1.165) is 28.6 Å². The molecule has 2 aromatic rings. The Morgan fingerprint density at radius 2 is 2.00 bits per heavy atom. The predicted molar refractivity (Wildman–Crippen MR) is 99.4 cm³/mol. The van der Waals surface area contributed by atoms with E-state index in [-0.39, 0.29) is 5.69 Å². The third-order valence-electron chi connectivity index (χ3n) is 6.48. The van der Waals surface area contributed by atoms with Gasteiger partial charge in [-0.1, -0.05) is 5.21 Å². The van der Waals surface area contributed by atoms with Gasteiger partial charge >= 0.3 is 0 Å². The van der Waals surface area contributed by atoms with Crippen molar-refractivity contribution in [3.05, 3.63) is 45.8 Å². The van der Waals surface area contributed by atoms with Crippen molar-refractivity contribution >= 4 is 5.69 Å². The summed E-state index contributed by atoms with van der Waals surface area (Å²) in [6.45, 7) is 2.11. The number of aryl methyl sites for hydroxylation is 1. The zero-order valence-corrected chi connectivity index (χ0v) is 16.0. The second-order valence-electron chi connectivity index (χ2n) is 8.32. The molecule has 0 saturated carbocycles. The van der Waals surface area contributed by atoms with Crippen LogP contribution < -0.4 is 4.74 Å². The van der Waals surface area contributed by atoms with Crippen molar-refractivity contribution in [3.8, 4) is 5.75 Å². The van der Waals surface area contributed by atoms with E-state index in [9.17, 15) is 10.1 Å². The number of benzene rings is 1. The Morgan fingerprint density at radius 3 is 2.63 bits per heavy atom. The van der Waals surface area contributed by atoms with Crippen LogP contribution in [-0.2, 0) is 6.61 Å². The lowest BCUT2D eigenvalue weighted by molar-refractivity contribution is -0.931. The SMILES string of the molecule is Cc1cc([N+](=O)[O-])ccc1OCc1cn(C2C[C@H]3CC[C@@H](C2)[N+]3(C)C)nn1. The highest BCUT2D eigenvalue weighted by molar-refractivity contribution is 5.42. The minimum absolute atomic E-state index is 0.0686. The van der Waals surface area contributed by atoms with Crippen LogP contribution in [0.5, 0.6) is 5.75 Å². The third-order valence-corrected chi connectivity index (χ3v) is 6.48. The molecule has 0 N–H and O–H groups in total. The van der Waals surface area contributed by atoms with Crippen molar-refractivity contribution in [1.82, 2.24) is 15.0 Å². The van der Waals surface area contributed by atoms with Crippen molar-refractivity contribution in [3.63, 3.8) is 0 Å². The lowest BCUT2D eigenvalue weighted by atomic mass is 9.96. The van der Waals surface area contributed by atoms with Crippen LogP contribution >= 0.6 is 0 Å². The summed E-state index contributed by atoms with van der Waals surface area (Å²) in [6, 6.07) is 6.44. The Balaban J connectivity index is 1.40. The van der Waals surface area contributed by atoms with Gasteiger partial charge in [-0.2, -0.15) is 0 Å². The molecule has 0 amide bonds. The number of aromatic nitrogens is 3. The number of nitro benzene ring substituents is 1. The van der Waals surface area contributed by atoms with Crippen molar-refractivity contribution in [1.29, 1.82) is 0 Å². The number of rotatable bonds is 5. The van der Waals surface area contributed by atoms with Crippen molar-refractivity contribution in [2.45, 2.75) is 57.3 Å². The number of piperidine rings is 1. The molecule has 4 rings (SSSR count). The molecule has 3 heterocycles. The molecule has 144 valence electrons. The fourth-order valence-corrected chi connectivity index (χ4v) is 4.69. The van der Waals surface area contributed by atoms with E-state index >= 15 is 0 Å². The van der Waals surface area contributed by atoms with Crippen LogP contribution in [0.1, 0.15) is 43.0 Å². The van der Waals surface area contributed by atoms with Crippen LogP contribution in [0.25, 0.3) is 0 Å². The van der Waals surface area contributed by atoms with Crippen molar-refractivity contribution in [2.24, 2.45) is 0 Å². The van der Waals surface area contributed by atoms with Crippen molar-refractivity contribution < 1.29 is 14.1 Å². The number of nitrogens with zero attached hydrogens (tertiary/aromatic N) is 5. The van der Waals surface area contributed by atoms with Gasteiger partial charge in [-0.05, 0) is 18.6 Å². The summed E-state index contributed by atoms with van der Waals surface area (Å²) in [7, 11) is 4.71. The minimum Gasteiger partial charge on any atom is -0.487 e. The summed E-state index contributed by atoms with van der Waals surface area (Å²) >= 11 is 0. The van der Waals surface area contributed by atoms with Gasteiger partial charge in [0.1, 0.15) is 18.1 Å². The third kappa shape index (κ3) is 3.29. The molecule has 2 fully saturated rings. The van der Waals surface area contributed by atoms with E-state index in [0.29, 0.717) is 30.5 Å². The fourth-order valence-electron chi connectivity index (χ4n) is 4.69. The first-order chi connectivity index (χ1) is 12.8. The summed E-state index contributed by atoms with van der Waals surface area (Å²) in [5.74, 6) is 0.630. The summed E-state index contributed by atoms with van der Waals surface area (Å²) in [5.41, 5.74) is 1.58. The summed E-state index contributed by atoms with van der Waals surface area (Å²) in [6.07, 6.45) is 6.88. The number of non-ortho nitro benzene ring substituents is 1. The highest BCUT2D eigenvalue weighted by Gasteiger charge is 2.49. The quantitative estimate of drug-likeness (QED) is 0.458. The molecule has 0 spiro atoms. The van der Waals surface area contributed by atoms with Crippen LogP contribution in [0.15, 0.2) is 24.4 Å². The summed E-state index contributed by atoms with van der Waals surface area (Å²) < 4.78 is 8.95. The first kappa shape index (κ1) is 17.9. The molecular formula is C19H26N5O3+. The van der Waals surface area contributed by atoms with E-state index < -0.39 is 4.92 Å². The van der Waals surface area contributed by atoms with Gasteiger partial charge in [0.05, 0.1) is 43.3 Å². The first-order valence-corrected chi connectivity index (χ1v) is 9.46. The molecule has 2 saturated heterocycles. The molecule has 0 aliphatic carbocycles. The van der Waals surface area contributed by atoms with E-state index in [1.165, 1.54) is 25.0 Å². The highest BCUT2D eigenvalue weighted by atomic mass is 16.6. The van der Waals surface area contributed by atoms with Gasteiger partial charge in [0.2, 0.25) is 0 Å². The molecular weight excluding hydrogens is 346 g/mol. The largest absolute Gasteiger partial charge is 0.487 e. The number of nitro groups is 1. The topological polar surface area (TPSA) is 83.1 Å². The number of quaternary nitrogens is 1. The standard InChI is InChI=1S/C19H26N5O3/c1-13-8-15(23(25)26)4-7-19(13)27-12-14-11-22(21-20-14)16-9-17-5-6-18(10-16)24(17,2)3/h4,7-8,11,16-18H,5-6,9-10,12H2,1-3H3/q+1/t16?,17-,18+. The maximum absolute atomic E-state index is 10.8. The molecule has 1 aromatic heterocycles. The molecule has 27 heavy (non-hydrogen) atoms. The second kappa shape index (κ2) is 6.60. The van der Waals surface area contributed by atoms with Gasteiger partial charge in [-0.3, -0.25) is 10.1 Å². The predicted octanol–water partition coefficient (Wildman–Crippen LogP) is 3.02. The monoisotopic (exact) mass is 372 g/mol. The molecule has 2 bridgehead atoms. The second-order valence-corrected chi connectivity index (χ2v) is 8.32. The zero-order chi connectivity index (χ0) is 19.2. The van der Waals surface area contributed by atoms with Gasteiger partial charge in [0.25, 0.3) is 5.69 Å². The van der Waals surface area contributed by atoms with Gasteiger partial charge in [-0.25, -0.2) is 4.68 Å². The Labute approximate surface area is 158 Å². The number of hydrogen-bond acceptors (Lipinski definition) is 5. The number of ether oxygens (including phenoxy) is 1. The van der Waals surface area contributed by atoms with Gasteiger partial charge in [0, 0.05) is 37.8 Å². The van der Waals surface area contributed by atoms with E-state index in [2.05, 4.69) is 24.4 Å². The minimum atomic E-state index is -0.403. The van der Waals surface area contributed by atoms with Gasteiger partial charge < -0.3 is 9.22 Å². The normalized spacial score (nSPS) is 26.1. The molecule has 8 heteroatoms. The summed E-state index contributed by atoms with van der Waals surface area (Å²) in [4.78, 5) is 10.4. The smallest absolute Gasteiger partial charge is 0.269 e. The molecule has 0 radical (unpaired) electrons. The van der Waals surface area contributed by atoms with Crippen LogP contribution in [0.3, 0.4) is 0 Å². The molecule has 1 unspecified atom stereocenters.